The van der Waals surface area contributed by atoms with Gasteiger partial charge in [-0.3, -0.25) is 4.79 Å². The maximum atomic E-state index is 12.3. The Hall–Kier alpha value is -2.87. The number of carbonyl (C=O) groups excluding carboxylic acids is 1. The smallest absolute Gasteiger partial charge is 0.224 e. The Kier molecular flexibility index (Phi) is 5.86. The molecule has 0 bridgehead atoms. The third kappa shape index (κ3) is 4.51. The molecule has 0 atom stereocenters. The molecule has 1 N–H and O–H groups in total. The summed E-state index contributed by atoms with van der Waals surface area (Å²) in [5, 5.41) is 7.31. The van der Waals surface area contributed by atoms with Gasteiger partial charge in [0.05, 0.1) is 24.3 Å². The summed E-state index contributed by atoms with van der Waals surface area (Å²) >= 11 is 1.96. The molecule has 7 nitrogen and oxygen atoms in total. The summed E-state index contributed by atoms with van der Waals surface area (Å²) in [6.45, 7) is 1.94. The molecular weight excluding hydrogens is 372 g/mol. The summed E-state index contributed by atoms with van der Waals surface area (Å²) in [4.78, 5) is 23.1. The second-order valence-electron chi connectivity index (χ2n) is 6.54. The fraction of sp³-hybridized carbons (Fsp3) is 0.300. The molecule has 3 aromatic rings. The number of aromatic nitrogens is 4. The van der Waals surface area contributed by atoms with Crippen molar-refractivity contribution in [3.8, 4) is 5.82 Å². The highest BCUT2D eigenvalue weighted by atomic mass is 32.2. The van der Waals surface area contributed by atoms with Gasteiger partial charge in [-0.25, -0.2) is 14.6 Å². The molecule has 0 aliphatic carbocycles. The summed E-state index contributed by atoms with van der Waals surface area (Å²) < 4.78 is 1.70. The predicted octanol–water partition coefficient (Wildman–Crippen LogP) is 2.79. The van der Waals surface area contributed by atoms with Crippen molar-refractivity contribution >= 4 is 29.0 Å². The fourth-order valence-electron chi connectivity index (χ4n) is 3.15. The Morgan fingerprint density at radius 1 is 1.14 bits per heavy atom. The molecule has 0 unspecified atom stereocenters. The number of aryl methyl sites for hydroxylation is 1. The molecule has 1 saturated heterocycles. The number of hydrogen-bond donors (Lipinski definition) is 1. The van der Waals surface area contributed by atoms with Crippen molar-refractivity contribution in [1.82, 2.24) is 19.7 Å². The number of hydrogen-bond acceptors (Lipinski definition) is 6. The zero-order valence-corrected chi connectivity index (χ0v) is 16.3. The Balaban J connectivity index is 1.42. The number of thioether (sulfide) groups is 1. The van der Waals surface area contributed by atoms with Crippen LogP contribution in [0.15, 0.2) is 55.2 Å². The van der Waals surface area contributed by atoms with Gasteiger partial charge in [0.1, 0.15) is 12.0 Å². The summed E-state index contributed by atoms with van der Waals surface area (Å²) in [6.07, 6.45) is 7.95. The molecule has 2 aromatic heterocycles. The van der Waals surface area contributed by atoms with E-state index in [1.165, 1.54) is 6.33 Å². The molecule has 1 aliphatic rings. The van der Waals surface area contributed by atoms with E-state index in [-0.39, 0.29) is 5.91 Å². The quantitative estimate of drug-likeness (QED) is 0.693. The van der Waals surface area contributed by atoms with Gasteiger partial charge in [0, 0.05) is 31.0 Å². The zero-order valence-electron chi connectivity index (χ0n) is 15.5. The second-order valence-corrected chi connectivity index (χ2v) is 7.76. The number of anilines is 2. The Morgan fingerprint density at radius 2 is 1.96 bits per heavy atom. The minimum Gasteiger partial charge on any atom is -0.366 e. The van der Waals surface area contributed by atoms with E-state index >= 15 is 0 Å². The minimum absolute atomic E-state index is 0.0284. The topological polar surface area (TPSA) is 75.9 Å². The van der Waals surface area contributed by atoms with Gasteiger partial charge in [0.2, 0.25) is 5.91 Å². The lowest BCUT2D eigenvalue weighted by Crippen LogP contribution is -2.33. The van der Waals surface area contributed by atoms with Gasteiger partial charge >= 0.3 is 0 Å². The maximum absolute atomic E-state index is 12.3. The van der Waals surface area contributed by atoms with Crippen LogP contribution in [-0.2, 0) is 11.2 Å². The highest BCUT2D eigenvalue weighted by molar-refractivity contribution is 7.99. The van der Waals surface area contributed by atoms with Gasteiger partial charge in [0.15, 0.2) is 5.82 Å². The van der Waals surface area contributed by atoms with Crippen molar-refractivity contribution < 1.29 is 4.79 Å². The van der Waals surface area contributed by atoms with Crippen LogP contribution in [0.3, 0.4) is 0 Å². The first-order chi connectivity index (χ1) is 13.8. The predicted molar refractivity (Wildman–Crippen MR) is 112 cm³/mol. The van der Waals surface area contributed by atoms with E-state index in [0.29, 0.717) is 18.5 Å². The molecule has 28 heavy (non-hydrogen) atoms. The van der Waals surface area contributed by atoms with Crippen LogP contribution in [0.5, 0.6) is 0 Å². The van der Waals surface area contributed by atoms with Crippen LogP contribution in [0, 0.1) is 0 Å². The lowest BCUT2D eigenvalue weighted by molar-refractivity contribution is -0.116. The molecule has 0 saturated carbocycles. The molecule has 1 amide bonds. The van der Waals surface area contributed by atoms with E-state index in [0.717, 1.165) is 41.7 Å². The molecular formula is C20H22N6OS. The molecule has 0 radical (unpaired) electrons. The molecule has 144 valence electrons. The van der Waals surface area contributed by atoms with E-state index in [2.05, 4.69) is 25.3 Å². The molecule has 3 heterocycles. The molecule has 0 spiro atoms. The first-order valence-electron chi connectivity index (χ1n) is 9.31. The summed E-state index contributed by atoms with van der Waals surface area (Å²) in [5.74, 6) is 2.89. The summed E-state index contributed by atoms with van der Waals surface area (Å²) in [7, 11) is 0. The van der Waals surface area contributed by atoms with Crippen LogP contribution in [0.4, 0.5) is 11.4 Å². The standard InChI is InChI=1S/C20H22N6OS/c27-19(7-6-16-4-2-1-3-5-16)24-17-12-23-26(14-17)20-18(13-21-15-22-20)25-8-10-28-11-9-25/h1-5,12-15H,6-11H2,(H,24,27). The highest BCUT2D eigenvalue weighted by Gasteiger charge is 2.18. The zero-order chi connectivity index (χ0) is 19.2. The largest absolute Gasteiger partial charge is 0.366 e. The van der Waals surface area contributed by atoms with E-state index < -0.39 is 0 Å². The number of benzene rings is 1. The number of amides is 1. The van der Waals surface area contributed by atoms with Crippen molar-refractivity contribution in [3.05, 3.63) is 60.8 Å². The van der Waals surface area contributed by atoms with Gasteiger partial charge in [-0.05, 0) is 12.0 Å². The van der Waals surface area contributed by atoms with Crippen molar-refractivity contribution in [3.63, 3.8) is 0 Å². The van der Waals surface area contributed by atoms with E-state index in [4.69, 9.17) is 0 Å². The fourth-order valence-corrected chi connectivity index (χ4v) is 4.05. The average molecular weight is 395 g/mol. The van der Waals surface area contributed by atoms with Gasteiger partial charge in [-0.15, -0.1) is 0 Å². The summed E-state index contributed by atoms with van der Waals surface area (Å²) in [6, 6.07) is 10.00. The molecule has 1 aromatic carbocycles. The van der Waals surface area contributed by atoms with Crippen LogP contribution in [-0.4, -0.2) is 50.3 Å². The first kappa shape index (κ1) is 18.5. The highest BCUT2D eigenvalue weighted by Crippen LogP contribution is 2.24. The van der Waals surface area contributed by atoms with Gasteiger partial charge < -0.3 is 10.2 Å². The third-order valence-electron chi connectivity index (χ3n) is 4.59. The van der Waals surface area contributed by atoms with Crippen molar-refractivity contribution in [2.24, 2.45) is 0 Å². The van der Waals surface area contributed by atoms with Crippen LogP contribution in [0.25, 0.3) is 5.82 Å². The van der Waals surface area contributed by atoms with Crippen molar-refractivity contribution in [2.45, 2.75) is 12.8 Å². The molecule has 1 aliphatic heterocycles. The van der Waals surface area contributed by atoms with Crippen LogP contribution < -0.4 is 10.2 Å². The first-order valence-corrected chi connectivity index (χ1v) is 10.5. The van der Waals surface area contributed by atoms with E-state index in [1.54, 1.807) is 17.1 Å². The summed E-state index contributed by atoms with van der Waals surface area (Å²) in [5.41, 5.74) is 2.78. The second kappa shape index (κ2) is 8.88. The number of rotatable bonds is 6. The van der Waals surface area contributed by atoms with Gasteiger partial charge in [0.25, 0.3) is 0 Å². The lowest BCUT2D eigenvalue weighted by Gasteiger charge is -2.29. The number of nitrogens with zero attached hydrogens (tertiary/aromatic N) is 5. The van der Waals surface area contributed by atoms with E-state index in [9.17, 15) is 4.79 Å². The van der Waals surface area contributed by atoms with Gasteiger partial charge in [-0.1, -0.05) is 30.3 Å². The Labute approximate surface area is 168 Å². The normalized spacial score (nSPS) is 14.1. The van der Waals surface area contributed by atoms with Crippen molar-refractivity contribution in [1.29, 1.82) is 0 Å². The van der Waals surface area contributed by atoms with Crippen LogP contribution in [0.2, 0.25) is 0 Å². The van der Waals surface area contributed by atoms with Crippen molar-refractivity contribution in [2.75, 3.05) is 34.8 Å². The maximum Gasteiger partial charge on any atom is 0.224 e. The molecule has 4 rings (SSSR count). The van der Waals surface area contributed by atoms with E-state index in [1.807, 2.05) is 48.3 Å². The van der Waals surface area contributed by atoms with Crippen LogP contribution >= 0.6 is 11.8 Å². The minimum atomic E-state index is -0.0284. The van der Waals surface area contributed by atoms with Crippen LogP contribution in [0.1, 0.15) is 12.0 Å². The molecule has 1 fully saturated rings. The third-order valence-corrected chi connectivity index (χ3v) is 5.53. The molecule has 8 heteroatoms. The number of carbonyl (C=O) groups is 1. The lowest BCUT2D eigenvalue weighted by atomic mass is 10.1. The van der Waals surface area contributed by atoms with Gasteiger partial charge in [-0.2, -0.15) is 16.9 Å². The number of nitrogens with one attached hydrogen (secondary N) is 1. The average Bonchev–Trinajstić information content (AvgIpc) is 3.22. The Morgan fingerprint density at radius 3 is 2.79 bits per heavy atom. The monoisotopic (exact) mass is 394 g/mol. The Bertz CT molecular complexity index is 923. The SMILES string of the molecule is O=C(CCc1ccccc1)Nc1cnn(-c2ncncc2N2CCSCC2)c1.